The lowest BCUT2D eigenvalue weighted by molar-refractivity contribution is -0.158. The molecule has 172 valence electrons. The lowest BCUT2D eigenvalue weighted by atomic mass is 9.53. The Balaban J connectivity index is 1.55. The number of aliphatic hydroxyl groups excluding tert-OH is 1. The van der Waals surface area contributed by atoms with Gasteiger partial charge in [-0.05, 0) is 70.0 Å². The Hall–Kier alpha value is -0.950. The second kappa shape index (κ2) is 8.12. The number of hydrogen-bond donors (Lipinski definition) is 2. The van der Waals surface area contributed by atoms with Crippen LogP contribution in [0.4, 0.5) is 0 Å². The monoisotopic (exact) mass is 447 g/mol. The molecule has 5 nitrogen and oxygen atoms in total. The molecular weight excluding hydrogens is 410 g/mol. The maximum Gasteiger partial charge on any atom is 0.179 e. The summed E-state index contributed by atoms with van der Waals surface area (Å²) in [5, 5.41) is 21.6. The second-order valence-electron chi connectivity index (χ2n) is 10.4. The second-order valence-corrected chi connectivity index (χ2v) is 11.5. The van der Waals surface area contributed by atoms with E-state index >= 15 is 0 Å². The Morgan fingerprint density at radius 1 is 1.35 bits per heavy atom. The van der Waals surface area contributed by atoms with Gasteiger partial charge < -0.3 is 19.1 Å². The van der Waals surface area contributed by atoms with Gasteiger partial charge in [0.25, 0.3) is 0 Å². The molecule has 1 saturated carbocycles. The molecule has 5 unspecified atom stereocenters. The van der Waals surface area contributed by atoms with Crippen molar-refractivity contribution in [3.05, 3.63) is 23.3 Å². The first-order chi connectivity index (χ1) is 14.9. The average molecular weight is 448 g/mol. The van der Waals surface area contributed by atoms with E-state index < -0.39 is 5.60 Å². The fourth-order valence-electron chi connectivity index (χ4n) is 6.59. The molecule has 1 saturated heterocycles. The standard InChI is InChI=1S/C25H37NO4S/c1-4-6-21-25-11-12-26(14-17-7-5-8-17)20(24(25,3)28)13-18-9-10-19(23(29-21)22(18)25)30-31-16(2)15-27/h9-10,16-17,20-21,27-28H,4-8,11-15H2,1-3H3. The van der Waals surface area contributed by atoms with Gasteiger partial charge in [-0.15, -0.1) is 0 Å². The molecule has 1 spiro atoms. The minimum atomic E-state index is -0.836. The van der Waals surface area contributed by atoms with Gasteiger partial charge in [-0.2, -0.15) is 0 Å². The van der Waals surface area contributed by atoms with E-state index in [9.17, 15) is 10.2 Å². The molecule has 2 aliphatic carbocycles. The molecule has 2 bridgehead atoms. The van der Waals surface area contributed by atoms with E-state index in [4.69, 9.17) is 8.92 Å². The van der Waals surface area contributed by atoms with Crippen molar-refractivity contribution in [2.75, 3.05) is 19.7 Å². The third-order valence-corrected chi connectivity index (χ3v) is 9.24. The van der Waals surface area contributed by atoms with Gasteiger partial charge in [0, 0.05) is 18.2 Å². The zero-order valence-electron chi connectivity index (χ0n) is 19.1. The molecule has 0 amide bonds. The SMILES string of the molecule is CCCC1Oc2c(OSC(C)CO)ccc3c2C12CCN(CC1CCC1)C(C3)C2(C)O. The fraction of sp³-hybridized carbons (Fsp3) is 0.760. The van der Waals surface area contributed by atoms with E-state index in [2.05, 4.69) is 24.8 Å². The summed E-state index contributed by atoms with van der Waals surface area (Å²) < 4.78 is 12.7. The number of likely N-dealkylation sites (tertiary alicyclic amines) is 1. The van der Waals surface area contributed by atoms with Gasteiger partial charge in [-0.3, -0.25) is 4.90 Å². The Labute approximate surface area is 190 Å². The van der Waals surface area contributed by atoms with Crippen LogP contribution in [0.1, 0.15) is 70.4 Å². The van der Waals surface area contributed by atoms with E-state index in [1.165, 1.54) is 42.4 Å². The van der Waals surface area contributed by atoms with Crippen LogP contribution in [0.3, 0.4) is 0 Å². The molecule has 0 radical (unpaired) electrons. The highest BCUT2D eigenvalue weighted by molar-refractivity contribution is 7.95. The van der Waals surface area contributed by atoms with E-state index in [-0.39, 0.29) is 29.4 Å². The molecule has 6 heteroatoms. The van der Waals surface area contributed by atoms with Crippen LogP contribution >= 0.6 is 12.0 Å². The largest absolute Gasteiger partial charge is 0.485 e. The topological polar surface area (TPSA) is 62.2 Å². The van der Waals surface area contributed by atoms with Crippen LogP contribution < -0.4 is 8.92 Å². The van der Waals surface area contributed by atoms with E-state index in [1.54, 1.807) is 0 Å². The first-order valence-electron chi connectivity index (χ1n) is 12.2. The molecule has 1 aromatic rings. The average Bonchev–Trinajstić information content (AvgIpc) is 3.03. The van der Waals surface area contributed by atoms with Gasteiger partial charge in [0.05, 0.1) is 34.9 Å². The van der Waals surface area contributed by atoms with Crippen molar-refractivity contribution >= 4 is 12.0 Å². The molecule has 2 heterocycles. The van der Waals surface area contributed by atoms with E-state index in [0.29, 0.717) is 0 Å². The molecule has 31 heavy (non-hydrogen) atoms. The summed E-state index contributed by atoms with van der Waals surface area (Å²) in [6.45, 7) is 8.43. The van der Waals surface area contributed by atoms with Crippen LogP contribution in [-0.2, 0) is 11.8 Å². The summed E-state index contributed by atoms with van der Waals surface area (Å²) in [6.07, 6.45) is 7.75. The van der Waals surface area contributed by atoms with Crippen LogP contribution in [0.15, 0.2) is 12.1 Å². The zero-order chi connectivity index (χ0) is 21.8. The van der Waals surface area contributed by atoms with E-state index in [1.807, 2.05) is 13.0 Å². The number of fused-ring (bicyclic) bond motifs is 1. The number of aliphatic hydroxyl groups is 2. The van der Waals surface area contributed by atoms with Crippen LogP contribution in [0.25, 0.3) is 0 Å². The van der Waals surface area contributed by atoms with Crippen LogP contribution in [0, 0.1) is 5.92 Å². The summed E-state index contributed by atoms with van der Waals surface area (Å²) in [5.74, 6) is 2.36. The Bertz CT molecular complexity index is 826. The summed E-state index contributed by atoms with van der Waals surface area (Å²) in [7, 11) is 0. The maximum absolute atomic E-state index is 12.2. The van der Waals surface area contributed by atoms with Crippen molar-refractivity contribution in [2.24, 2.45) is 5.92 Å². The molecule has 2 N–H and O–H groups in total. The van der Waals surface area contributed by atoms with Gasteiger partial charge in [-0.1, -0.05) is 25.8 Å². The minimum Gasteiger partial charge on any atom is -0.485 e. The van der Waals surface area contributed by atoms with Crippen molar-refractivity contribution in [1.29, 1.82) is 0 Å². The zero-order valence-corrected chi connectivity index (χ0v) is 19.9. The molecule has 2 aliphatic heterocycles. The van der Waals surface area contributed by atoms with Gasteiger partial charge in [0.1, 0.15) is 6.10 Å². The third-order valence-electron chi connectivity index (χ3n) is 8.49. The summed E-state index contributed by atoms with van der Waals surface area (Å²) in [4.78, 5) is 2.59. The highest BCUT2D eigenvalue weighted by Crippen LogP contribution is 2.62. The Kier molecular flexibility index (Phi) is 5.73. The highest BCUT2D eigenvalue weighted by Gasteiger charge is 2.68. The van der Waals surface area contributed by atoms with Crippen molar-refractivity contribution in [3.8, 4) is 11.5 Å². The van der Waals surface area contributed by atoms with Crippen molar-refractivity contribution in [1.82, 2.24) is 4.90 Å². The van der Waals surface area contributed by atoms with Gasteiger partial charge in [0.15, 0.2) is 11.5 Å². The lowest BCUT2D eigenvalue weighted by Gasteiger charge is -2.60. The van der Waals surface area contributed by atoms with Crippen LogP contribution in [0.5, 0.6) is 11.5 Å². The van der Waals surface area contributed by atoms with Crippen LogP contribution in [-0.4, -0.2) is 57.8 Å². The van der Waals surface area contributed by atoms with Crippen molar-refractivity contribution in [3.63, 3.8) is 0 Å². The summed E-state index contributed by atoms with van der Waals surface area (Å²) in [6, 6.07) is 4.36. The lowest BCUT2D eigenvalue weighted by Crippen LogP contribution is -2.73. The first-order valence-corrected chi connectivity index (χ1v) is 13.0. The van der Waals surface area contributed by atoms with Gasteiger partial charge in [-0.25, -0.2) is 0 Å². The number of nitrogens with zero attached hydrogens (tertiary/aromatic N) is 1. The van der Waals surface area contributed by atoms with Gasteiger partial charge in [0.2, 0.25) is 0 Å². The highest BCUT2D eigenvalue weighted by atomic mass is 32.2. The third kappa shape index (κ3) is 3.24. The fourth-order valence-corrected chi connectivity index (χ4v) is 7.05. The number of hydrogen-bond acceptors (Lipinski definition) is 6. The maximum atomic E-state index is 12.2. The Morgan fingerprint density at radius 2 is 2.16 bits per heavy atom. The predicted molar refractivity (Wildman–Crippen MR) is 124 cm³/mol. The number of benzene rings is 1. The normalized spacial score (nSPS) is 35.3. The molecule has 1 aromatic carbocycles. The summed E-state index contributed by atoms with van der Waals surface area (Å²) in [5.41, 5.74) is 1.30. The first kappa shape index (κ1) is 21.9. The predicted octanol–water partition coefficient (Wildman–Crippen LogP) is 4.07. The molecular formula is C25H37NO4S. The Morgan fingerprint density at radius 3 is 2.84 bits per heavy atom. The van der Waals surface area contributed by atoms with Crippen molar-refractivity contribution < 1.29 is 19.1 Å². The summed E-state index contributed by atoms with van der Waals surface area (Å²) >= 11 is 1.28. The molecule has 5 atom stereocenters. The number of ether oxygens (including phenoxy) is 1. The van der Waals surface area contributed by atoms with Crippen molar-refractivity contribution in [2.45, 2.75) is 94.1 Å². The number of piperidine rings is 1. The molecule has 2 fully saturated rings. The quantitative estimate of drug-likeness (QED) is 0.586. The molecule has 5 rings (SSSR count). The molecule has 4 aliphatic rings. The molecule has 0 aromatic heterocycles. The smallest absolute Gasteiger partial charge is 0.179 e. The van der Waals surface area contributed by atoms with Gasteiger partial charge >= 0.3 is 0 Å². The van der Waals surface area contributed by atoms with Crippen LogP contribution in [0.2, 0.25) is 0 Å². The van der Waals surface area contributed by atoms with E-state index in [0.717, 1.165) is 56.2 Å². The minimum absolute atomic E-state index is 0.00716. The number of rotatable bonds is 8.